The van der Waals surface area contributed by atoms with Gasteiger partial charge in [0.25, 0.3) is 0 Å². The molecule has 1 aromatic rings. The number of nitrogen functional groups attached to an aromatic ring is 1. The van der Waals surface area contributed by atoms with Crippen molar-refractivity contribution in [1.82, 2.24) is 4.90 Å². The average Bonchev–Trinajstić information content (AvgIpc) is 2.30. The molecule has 3 N–H and O–H groups in total. The second kappa shape index (κ2) is 7.20. The number of hydrogen-bond donors (Lipinski definition) is 2. The number of nitrogens with zero attached hydrogens (tertiary/aromatic N) is 1. The molecule has 0 heterocycles. The summed E-state index contributed by atoms with van der Waals surface area (Å²) in [6.45, 7) is -1.22. The highest BCUT2D eigenvalue weighted by Crippen LogP contribution is 2.16. The number of aliphatic hydroxyl groups is 1. The van der Waals surface area contributed by atoms with Gasteiger partial charge in [0.1, 0.15) is 12.4 Å². The lowest BCUT2D eigenvalue weighted by molar-refractivity contribution is -0.147. The lowest BCUT2D eigenvalue weighted by Crippen LogP contribution is -2.38. The highest BCUT2D eigenvalue weighted by molar-refractivity contribution is 5.41. The number of halogens is 3. The van der Waals surface area contributed by atoms with Crippen molar-refractivity contribution in [2.75, 3.05) is 38.6 Å². The van der Waals surface area contributed by atoms with Gasteiger partial charge in [-0.15, -0.1) is 0 Å². The van der Waals surface area contributed by atoms with Crippen molar-refractivity contribution >= 4 is 5.69 Å². The number of hydrogen-bond acceptors (Lipinski definition) is 4. The van der Waals surface area contributed by atoms with E-state index >= 15 is 0 Å². The van der Waals surface area contributed by atoms with E-state index < -0.39 is 12.7 Å². The minimum atomic E-state index is -4.28. The number of anilines is 1. The number of alkyl halides is 3. The molecule has 108 valence electrons. The van der Waals surface area contributed by atoms with Crippen LogP contribution in [0.25, 0.3) is 0 Å². The van der Waals surface area contributed by atoms with E-state index in [0.29, 0.717) is 11.4 Å². The molecule has 7 heteroatoms. The summed E-state index contributed by atoms with van der Waals surface area (Å²) in [6, 6.07) is 6.60. The van der Waals surface area contributed by atoms with Gasteiger partial charge >= 0.3 is 6.18 Å². The number of aliphatic hydroxyl groups excluding tert-OH is 1. The van der Waals surface area contributed by atoms with Crippen LogP contribution in [0.4, 0.5) is 18.9 Å². The highest BCUT2D eigenvalue weighted by atomic mass is 19.4. The van der Waals surface area contributed by atoms with E-state index in [-0.39, 0.29) is 26.3 Å². The lowest BCUT2D eigenvalue weighted by atomic mass is 10.3. The van der Waals surface area contributed by atoms with Crippen LogP contribution in [0.3, 0.4) is 0 Å². The third kappa shape index (κ3) is 6.88. The fraction of sp³-hybridized carbons (Fsp3) is 0.500. The Hall–Kier alpha value is -1.47. The molecule has 0 radical (unpaired) electrons. The van der Waals surface area contributed by atoms with Crippen LogP contribution in [-0.4, -0.2) is 49.0 Å². The summed E-state index contributed by atoms with van der Waals surface area (Å²) >= 11 is 0. The van der Waals surface area contributed by atoms with Gasteiger partial charge in [-0.1, -0.05) is 0 Å². The van der Waals surface area contributed by atoms with Crippen LogP contribution in [0.2, 0.25) is 0 Å². The van der Waals surface area contributed by atoms with Crippen molar-refractivity contribution < 1.29 is 23.0 Å². The summed E-state index contributed by atoms with van der Waals surface area (Å²) in [6.07, 6.45) is -4.28. The first-order valence-electron chi connectivity index (χ1n) is 5.79. The summed E-state index contributed by atoms with van der Waals surface area (Å²) in [5.74, 6) is 0.546. The van der Waals surface area contributed by atoms with Crippen LogP contribution in [0.1, 0.15) is 0 Å². The number of ether oxygens (including phenoxy) is 1. The maximum atomic E-state index is 12.2. The minimum absolute atomic E-state index is 0.0371. The minimum Gasteiger partial charge on any atom is -0.492 e. The first-order valence-corrected chi connectivity index (χ1v) is 5.79. The van der Waals surface area contributed by atoms with Crippen molar-refractivity contribution in [2.45, 2.75) is 6.18 Å². The largest absolute Gasteiger partial charge is 0.492 e. The van der Waals surface area contributed by atoms with Crippen LogP contribution in [0.5, 0.6) is 5.75 Å². The van der Waals surface area contributed by atoms with Crippen molar-refractivity contribution in [2.24, 2.45) is 0 Å². The van der Waals surface area contributed by atoms with Gasteiger partial charge in [-0.25, -0.2) is 0 Å². The van der Waals surface area contributed by atoms with E-state index in [9.17, 15) is 13.2 Å². The molecular weight excluding hydrogens is 261 g/mol. The molecule has 1 aromatic carbocycles. The molecule has 0 fully saturated rings. The standard InChI is InChI=1S/C12H17F3N2O2/c13-12(14,15)9-17(5-7-18)6-8-19-11-3-1-10(16)2-4-11/h1-4,18H,5-9,16H2. The monoisotopic (exact) mass is 278 g/mol. The molecule has 0 saturated carbocycles. The van der Waals surface area contributed by atoms with Gasteiger partial charge in [-0.2, -0.15) is 13.2 Å². The highest BCUT2D eigenvalue weighted by Gasteiger charge is 2.30. The Morgan fingerprint density at radius 1 is 1.16 bits per heavy atom. The Labute approximate surface area is 109 Å². The van der Waals surface area contributed by atoms with Crippen LogP contribution >= 0.6 is 0 Å². The Bertz CT molecular complexity index is 368. The maximum absolute atomic E-state index is 12.2. The molecule has 0 spiro atoms. The van der Waals surface area contributed by atoms with Crippen LogP contribution < -0.4 is 10.5 Å². The smallest absolute Gasteiger partial charge is 0.401 e. The predicted molar refractivity (Wildman–Crippen MR) is 65.9 cm³/mol. The summed E-state index contributed by atoms with van der Waals surface area (Å²) in [4.78, 5) is 1.09. The third-order valence-corrected chi connectivity index (χ3v) is 2.38. The van der Waals surface area contributed by atoms with E-state index in [4.69, 9.17) is 15.6 Å². The molecule has 1 rings (SSSR count). The van der Waals surface area contributed by atoms with Gasteiger partial charge in [0.05, 0.1) is 13.2 Å². The molecule has 19 heavy (non-hydrogen) atoms. The van der Waals surface area contributed by atoms with E-state index in [0.717, 1.165) is 4.90 Å². The first kappa shape index (κ1) is 15.6. The van der Waals surface area contributed by atoms with Gasteiger partial charge in [-0.05, 0) is 24.3 Å². The average molecular weight is 278 g/mol. The summed E-state index contributed by atoms with van der Waals surface area (Å²) in [7, 11) is 0. The molecular formula is C12H17F3N2O2. The molecule has 0 saturated heterocycles. The summed E-state index contributed by atoms with van der Waals surface area (Å²) in [5.41, 5.74) is 6.09. The van der Waals surface area contributed by atoms with E-state index in [2.05, 4.69) is 0 Å². The quantitative estimate of drug-likeness (QED) is 0.742. The van der Waals surface area contributed by atoms with Crippen molar-refractivity contribution in [3.8, 4) is 5.75 Å². The second-order valence-corrected chi connectivity index (χ2v) is 4.03. The summed E-state index contributed by atoms with van der Waals surface area (Å²) in [5, 5.41) is 8.72. The zero-order valence-corrected chi connectivity index (χ0v) is 10.4. The Kier molecular flexibility index (Phi) is 5.91. The van der Waals surface area contributed by atoms with E-state index in [1.807, 2.05) is 0 Å². The Morgan fingerprint density at radius 2 is 1.79 bits per heavy atom. The van der Waals surface area contributed by atoms with E-state index in [1.165, 1.54) is 0 Å². The van der Waals surface area contributed by atoms with Crippen LogP contribution in [0.15, 0.2) is 24.3 Å². The third-order valence-electron chi connectivity index (χ3n) is 2.38. The molecule has 0 aliphatic carbocycles. The Balaban J connectivity index is 2.37. The van der Waals surface area contributed by atoms with Crippen molar-refractivity contribution in [3.05, 3.63) is 24.3 Å². The lowest BCUT2D eigenvalue weighted by Gasteiger charge is -2.22. The van der Waals surface area contributed by atoms with Crippen LogP contribution in [-0.2, 0) is 0 Å². The predicted octanol–water partition coefficient (Wildman–Crippen LogP) is 1.50. The van der Waals surface area contributed by atoms with Crippen LogP contribution in [0, 0.1) is 0 Å². The van der Waals surface area contributed by atoms with Gasteiger partial charge in [0.2, 0.25) is 0 Å². The maximum Gasteiger partial charge on any atom is 0.401 e. The van der Waals surface area contributed by atoms with Gasteiger partial charge in [-0.3, -0.25) is 4.90 Å². The Morgan fingerprint density at radius 3 is 2.32 bits per heavy atom. The number of nitrogens with two attached hydrogens (primary N) is 1. The molecule has 0 aliphatic heterocycles. The van der Waals surface area contributed by atoms with E-state index in [1.54, 1.807) is 24.3 Å². The van der Waals surface area contributed by atoms with Crippen molar-refractivity contribution in [3.63, 3.8) is 0 Å². The van der Waals surface area contributed by atoms with Gasteiger partial charge in [0, 0.05) is 18.8 Å². The topological polar surface area (TPSA) is 58.7 Å². The fourth-order valence-electron chi connectivity index (χ4n) is 1.52. The SMILES string of the molecule is Nc1ccc(OCCN(CCO)CC(F)(F)F)cc1. The fourth-order valence-corrected chi connectivity index (χ4v) is 1.52. The summed E-state index contributed by atoms with van der Waals surface area (Å²) < 4.78 is 42.0. The van der Waals surface area contributed by atoms with Gasteiger partial charge in [0.15, 0.2) is 0 Å². The zero-order chi connectivity index (χ0) is 14.3. The molecule has 0 aliphatic rings. The number of rotatable bonds is 7. The molecule has 4 nitrogen and oxygen atoms in total. The molecule has 0 amide bonds. The van der Waals surface area contributed by atoms with Crippen molar-refractivity contribution in [1.29, 1.82) is 0 Å². The second-order valence-electron chi connectivity index (χ2n) is 4.03. The first-order chi connectivity index (χ1) is 8.90. The molecule has 0 bridgehead atoms. The molecule has 0 atom stereocenters. The zero-order valence-electron chi connectivity index (χ0n) is 10.4. The molecule has 0 aromatic heterocycles. The molecule has 0 unspecified atom stereocenters. The van der Waals surface area contributed by atoms with Gasteiger partial charge < -0.3 is 15.6 Å². The number of benzene rings is 1. The normalized spacial score (nSPS) is 11.8.